The van der Waals surface area contributed by atoms with Crippen LogP contribution in [-0.2, 0) is 17.8 Å². The van der Waals surface area contributed by atoms with Crippen LogP contribution in [0, 0.1) is 0 Å². The number of rotatable bonds is 3. The van der Waals surface area contributed by atoms with Gasteiger partial charge in [-0.3, -0.25) is 4.79 Å². The van der Waals surface area contributed by atoms with Gasteiger partial charge in [-0.25, -0.2) is 4.98 Å². The highest BCUT2D eigenvalue weighted by molar-refractivity contribution is 5.93. The summed E-state index contributed by atoms with van der Waals surface area (Å²) < 4.78 is 0. The molecular formula is C17H20N4O. The van der Waals surface area contributed by atoms with E-state index >= 15 is 0 Å². The molecule has 5 heteroatoms. The predicted octanol–water partition coefficient (Wildman–Crippen LogP) is 1.93. The molecule has 1 aromatic carbocycles. The van der Waals surface area contributed by atoms with Crippen molar-refractivity contribution >= 4 is 17.4 Å². The summed E-state index contributed by atoms with van der Waals surface area (Å²) >= 11 is 0. The van der Waals surface area contributed by atoms with Crippen LogP contribution in [0.4, 0.5) is 11.5 Å². The van der Waals surface area contributed by atoms with Crippen LogP contribution in [0.1, 0.15) is 18.1 Å². The van der Waals surface area contributed by atoms with Crippen molar-refractivity contribution in [3.63, 3.8) is 0 Å². The Morgan fingerprint density at radius 3 is 2.73 bits per heavy atom. The second kappa shape index (κ2) is 6.15. The number of amides is 1. The normalized spacial score (nSPS) is 15.1. The van der Waals surface area contributed by atoms with Crippen molar-refractivity contribution in [1.82, 2.24) is 4.98 Å². The van der Waals surface area contributed by atoms with Crippen LogP contribution in [0.25, 0.3) is 0 Å². The zero-order valence-corrected chi connectivity index (χ0v) is 12.6. The van der Waals surface area contributed by atoms with Crippen LogP contribution in [0.2, 0.25) is 0 Å². The van der Waals surface area contributed by atoms with Crippen LogP contribution in [0.5, 0.6) is 0 Å². The van der Waals surface area contributed by atoms with Crippen molar-refractivity contribution in [1.29, 1.82) is 0 Å². The number of hydrogen-bond acceptors (Lipinski definition) is 4. The minimum absolute atomic E-state index is 0.229. The lowest BCUT2D eigenvalue weighted by Crippen LogP contribution is -2.33. The fraction of sp³-hybridized carbons (Fsp3) is 0.294. The number of nitrogens with one attached hydrogen (secondary N) is 1. The first-order valence-electron chi connectivity index (χ1n) is 7.48. The summed E-state index contributed by atoms with van der Waals surface area (Å²) in [5.74, 6) is 0.301. The third kappa shape index (κ3) is 3.09. The van der Waals surface area contributed by atoms with E-state index in [1.54, 1.807) is 13.1 Å². The Bertz CT molecular complexity index is 667. The van der Waals surface area contributed by atoms with E-state index in [0.29, 0.717) is 5.82 Å². The molecule has 0 spiro atoms. The first-order valence-corrected chi connectivity index (χ1v) is 7.48. The van der Waals surface area contributed by atoms with Gasteiger partial charge in [-0.1, -0.05) is 24.3 Å². The van der Waals surface area contributed by atoms with Gasteiger partial charge in [-0.2, -0.15) is 0 Å². The van der Waals surface area contributed by atoms with Gasteiger partial charge in [-0.05, 0) is 36.6 Å². The summed E-state index contributed by atoms with van der Waals surface area (Å²) in [7, 11) is 0. The van der Waals surface area contributed by atoms with Crippen LogP contribution >= 0.6 is 0 Å². The molecule has 0 saturated carbocycles. The van der Waals surface area contributed by atoms with E-state index in [4.69, 9.17) is 5.73 Å². The Morgan fingerprint density at radius 2 is 2.05 bits per heavy atom. The fourth-order valence-electron chi connectivity index (χ4n) is 2.60. The molecule has 0 fully saturated rings. The molecular weight excluding hydrogens is 276 g/mol. The first-order chi connectivity index (χ1) is 10.6. The third-order valence-electron chi connectivity index (χ3n) is 3.91. The van der Waals surface area contributed by atoms with E-state index in [1.165, 1.54) is 11.1 Å². The Morgan fingerprint density at radius 1 is 1.27 bits per heavy atom. The minimum Gasteiger partial charge on any atom is -0.366 e. The number of hydrogen-bond donors (Lipinski definition) is 2. The maximum absolute atomic E-state index is 11.5. The smallest absolute Gasteiger partial charge is 0.242 e. The van der Waals surface area contributed by atoms with Crippen molar-refractivity contribution in [3.05, 3.63) is 53.7 Å². The molecule has 3 N–H and O–H groups in total. The van der Waals surface area contributed by atoms with Gasteiger partial charge in [0.15, 0.2) is 0 Å². The Balaban J connectivity index is 1.70. The van der Waals surface area contributed by atoms with Gasteiger partial charge in [0.25, 0.3) is 0 Å². The second-order valence-electron chi connectivity index (χ2n) is 5.62. The SMILES string of the molecule is CC(N)C(=O)Nc1ccc(N2CCc3ccccc3C2)cn1. The summed E-state index contributed by atoms with van der Waals surface area (Å²) in [5, 5.41) is 2.69. The number of pyridine rings is 1. The molecule has 0 radical (unpaired) electrons. The molecule has 1 atom stereocenters. The number of carbonyl (C=O) groups excluding carboxylic acids is 1. The average molecular weight is 296 g/mol. The average Bonchev–Trinajstić information content (AvgIpc) is 2.55. The lowest BCUT2D eigenvalue weighted by atomic mass is 10.00. The largest absolute Gasteiger partial charge is 0.366 e. The molecule has 0 saturated heterocycles. The molecule has 1 amide bonds. The second-order valence-corrected chi connectivity index (χ2v) is 5.62. The molecule has 1 aromatic heterocycles. The number of nitrogens with zero attached hydrogens (tertiary/aromatic N) is 2. The van der Waals surface area contributed by atoms with Gasteiger partial charge >= 0.3 is 0 Å². The maximum Gasteiger partial charge on any atom is 0.242 e. The number of aromatic nitrogens is 1. The van der Waals surface area contributed by atoms with Crippen LogP contribution in [0.3, 0.4) is 0 Å². The van der Waals surface area contributed by atoms with Gasteiger partial charge < -0.3 is 16.0 Å². The van der Waals surface area contributed by atoms with E-state index in [0.717, 1.165) is 25.2 Å². The third-order valence-corrected chi connectivity index (χ3v) is 3.91. The maximum atomic E-state index is 11.5. The Kier molecular flexibility index (Phi) is 4.06. The van der Waals surface area contributed by atoms with E-state index in [1.807, 2.05) is 12.1 Å². The molecule has 0 aliphatic carbocycles. The van der Waals surface area contributed by atoms with Gasteiger partial charge in [0.05, 0.1) is 17.9 Å². The summed E-state index contributed by atoms with van der Waals surface area (Å²) in [4.78, 5) is 18.2. The van der Waals surface area contributed by atoms with E-state index in [2.05, 4.69) is 39.5 Å². The fourth-order valence-corrected chi connectivity index (χ4v) is 2.60. The summed E-state index contributed by atoms with van der Waals surface area (Å²) in [6.07, 6.45) is 2.84. The van der Waals surface area contributed by atoms with E-state index in [9.17, 15) is 4.79 Å². The molecule has 1 unspecified atom stereocenters. The summed E-state index contributed by atoms with van der Waals surface area (Å²) in [5.41, 5.74) is 9.38. The predicted molar refractivity (Wildman–Crippen MR) is 87.7 cm³/mol. The monoisotopic (exact) mass is 296 g/mol. The van der Waals surface area contributed by atoms with E-state index in [-0.39, 0.29) is 5.91 Å². The highest BCUT2D eigenvalue weighted by Crippen LogP contribution is 2.24. The molecule has 1 aliphatic heterocycles. The van der Waals surface area contributed by atoms with Gasteiger partial charge in [-0.15, -0.1) is 0 Å². The van der Waals surface area contributed by atoms with E-state index < -0.39 is 6.04 Å². The lowest BCUT2D eigenvalue weighted by molar-refractivity contribution is -0.117. The summed E-state index contributed by atoms with van der Waals surface area (Å²) in [6, 6.07) is 11.8. The highest BCUT2D eigenvalue weighted by Gasteiger charge is 2.16. The zero-order chi connectivity index (χ0) is 15.5. The number of benzene rings is 1. The standard InChI is InChI=1S/C17H20N4O/c1-12(18)17(22)20-16-7-6-15(10-19-16)21-9-8-13-4-2-3-5-14(13)11-21/h2-7,10,12H,8-9,11,18H2,1H3,(H,19,20,22). The van der Waals surface area contributed by atoms with Crippen LogP contribution in [-0.4, -0.2) is 23.5 Å². The molecule has 2 heterocycles. The molecule has 3 rings (SSSR count). The zero-order valence-electron chi connectivity index (χ0n) is 12.6. The molecule has 2 aromatic rings. The van der Waals surface area contributed by atoms with Gasteiger partial charge in [0.2, 0.25) is 5.91 Å². The molecule has 1 aliphatic rings. The van der Waals surface area contributed by atoms with Gasteiger partial charge in [0, 0.05) is 13.1 Å². The van der Waals surface area contributed by atoms with Crippen LogP contribution in [0.15, 0.2) is 42.6 Å². The quantitative estimate of drug-likeness (QED) is 0.908. The van der Waals surface area contributed by atoms with Crippen LogP contribution < -0.4 is 16.0 Å². The molecule has 5 nitrogen and oxygen atoms in total. The Hall–Kier alpha value is -2.40. The number of nitrogens with two attached hydrogens (primary N) is 1. The molecule has 0 bridgehead atoms. The topological polar surface area (TPSA) is 71.2 Å². The van der Waals surface area contributed by atoms with Gasteiger partial charge in [0.1, 0.15) is 5.82 Å². The minimum atomic E-state index is -0.542. The number of carbonyl (C=O) groups is 1. The van der Waals surface area contributed by atoms with Crippen molar-refractivity contribution in [2.45, 2.75) is 25.9 Å². The van der Waals surface area contributed by atoms with Crippen molar-refractivity contribution < 1.29 is 4.79 Å². The van der Waals surface area contributed by atoms with Crippen molar-refractivity contribution in [3.8, 4) is 0 Å². The van der Waals surface area contributed by atoms with Crippen molar-refractivity contribution in [2.24, 2.45) is 5.73 Å². The summed E-state index contributed by atoms with van der Waals surface area (Å²) in [6.45, 7) is 3.52. The highest BCUT2D eigenvalue weighted by atomic mass is 16.2. The first kappa shape index (κ1) is 14.5. The molecule has 22 heavy (non-hydrogen) atoms. The Labute approximate surface area is 130 Å². The number of anilines is 2. The molecule has 114 valence electrons. The number of fused-ring (bicyclic) bond motifs is 1. The van der Waals surface area contributed by atoms with Crippen molar-refractivity contribution in [2.75, 3.05) is 16.8 Å². The lowest BCUT2D eigenvalue weighted by Gasteiger charge is -2.30.